The van der Waals surface area contributed by atoms with E-state index >= 15 is 0 Å². The molecule has 0 aliphatic rings. The fourth-order valence-corrected chi connectivity index (χ4v) is 2.05. The zero-order valence-corrected chi connectivity index (χ0v) is 12.2. The van der Waals surface area contributed by atoms with Gasteiger partial charge in [0.2, 0.25) is 5.91 Å². The van der Waals surface area contributed by atoms with Crippen molar-refractivity contribution in [2.24, 2.45) is 0 Å². The first-order chi connectivity index (χ1) is 9.13. The lowest BCUT2D eigenvalue weighted by Gasteiger charge is -2.06. The summed E-state index contributed by atoms with van der Waals surface area (Å²) in [7, 11) is 0. The molecule has 0 saturated carbocycles. The number of aryl methyl sites for hydroxylation is 1. The van der Waals surface area contributed by atoms with Gasteiger partial charge in [-0.05, 0) is 37.3 Å². The summed E-state index contributed by atoms with van der Waals surface area (Å²) in [6, 6.07) is 11.3. The van der Waals surface area contributed by atoms with E-state index in [1.54, 1.807) is 0 Å². The van der Waals surface area contributed by atoms with Gasteiger partial charge in [-0.15, -0.1) is 0 Å². The number of benzene rings is 1. The van der Waals surface area contributed by atoms with Crippen LogP contribution in [-0.4, -0.2) is 12.5 Å². The van der Waals surface area contributed by atoms with Crippen LogP contribution in [0, 0.1) is 6.92 Å². The summed E-state index contributed by atoms with van der Waals surface area (Å²) in [4.78, 5) is 11.7. The van der Waals surface area contributed by atoms with Gasteiger partial charge < -0.3 is 15.1 Å². The van der Waals surface area contributed by atoms with Crippen molar-refractivity contribution in [2.75, 3.05) is 11.9 Å². The van der Waals surface area contributed by atoms with E-state index in [9.17, 15) is 4.79 Å². The van der Waals surface area contributed by atoms with E-state index in [-0.39, 0.29) is 12.5 Å². The van der Waals surface area contributed by atoms with E-state index in [1.165, 1.54) is 0 Å². The molecule has 2 rings (SSSR count). The number of rotatable bonds is 5. The number of amides is 1. The molecule has 2 aromatic rings. The van der Waals surface area contributed by atoms with Crippen LogP contribution in [0.3, 0.4) is 0 Å². The molecule has 0 unspecified atom stereocenters. The van der Waals surface area contributed by atoms with Gasteiger partial charge in [-0.3, -0.25) is 4.79 Å². The van der Waals surface area contributed by atoms with Crippen LogP contribution < -0.4 is 10.6 Å². The highest BCUT2D eigenvalue weighted by Crippen LogP contribution is 2.15. The number of halogens is 1. The van der Waals surface area contributed by atoms with Crippen LogP contribution in [0.15, 0.2) is 45.3 Å². The molecule has 0 saturated heterocycles. The minimum atomic E-state index is -0.0821. The van der Waals surface area contributed by atoms with Crippen LogP contribution in [-0.2, 0) is 11.3 Å². The third-order valence-corrected chi connectivity index (χ3v) is 2.98. The molecular weight excluding hydrogens is 308 g/mol. The summed E-state index contributed by atoms with van der Waals surface area (Å²) in [6.45, 7) is 2.68. The molecule has 2 N–H and O–H groups in total. The largest absolute Gasteiger partial charge is 0.465 e. The number of furan rings is 1. The summed E-state index contributed by atoms with van der Waals surface area (Å²) in [5.41, 5.74) is 0.773. The lowest BCUT2D eigenvalue weighted by molar-refractivity contribution is -0.115. The Hall–Kier alpha value is -1.59. The summed E-state index contributed by atoms with van der Waals surface area (Å²) in [5, 5.41) is 5.84. The molecule has 1 heterocycles. The number of nitrogens with one attached hydrogen (secondary N) is 2. The molecule has 0 atom stereocenters. The zero-order valence-electron chi connectivity index (χ0n) is 10.6. The van der Waals surface area contributed by atoms with Crippen molar-refractivity contribution in [3.05, 3.63) is 52.4 Å². The van der Waals surface area contributed by atoms with Crippen LogP contribution in [0.4, 0.5) is 5.69 Å². The first-order valence-electron chi connectivity index (χ1n) is 5.95. The maximum Gasteiger partial charge on any atom is 0.238 e. The molecule has 0 aliphatic heterocycles. The van der Waals surface area contributed by atoms with Gasteiger partial charge in [0.1, 0.15) is 11.5 Å². The smallest absolute Gasteiger partial charge is 0.238 e. The SMILES string of the molecule is Cc1ccc(CNCC(=O)Nc2cccc(Br)c2)o1. The third kappa shape index (κ3) is 4.54. The van der Waals surface area contributed by atoms with Crippen LogP contribution in [0.1, 0.15) is 11.5 Å². The minimum Gasteiger partial charge on any atom is -0.465 e. The molecule has 0 bridgehead atoms. The normalized spacial score (nSPS) is 10.4. The highest BCUT2D eigenvalue weighted by molar-refractivity contribution is 9.10. The molecule has 19 heavy (non-hydrogen) atoms. The van der Waals surface area contributed by atoms with Crippen molar-refractivity contribution in [2.45, 2.75) is 13.5 Å². The predicted octanol–water partition coefficient (Wildman–Crippen LogP) is 3.08. The number of carbonyl (C=O) groups is 1. The van der Waals surface area contributed by atoms with E-state index in [4.69, 9.17) is 4.42 Å². The molecule has 1 amide bonds. The van der Waals surface area contributed by atoms with E-state index < -0.39 is 0 Å². The average molecular weight is 323 g/mol. The van der Waals surface area contributed by atoms with Crippen molar-refractivity contribution in [1.29, 1.82) is 0 Å². The van der Waals surface area contributed by atoms with Gasteiger partial charge in [-0.25, -0.2) is 0 Å². The summed E-state index contributed by atoms with van der Waals surface area (Å²) in [6.07, 6.45) is 0. The standard InChI is InChI=1S/C14H15BrN2O2/c1-10-5-6-13(19-10)8-16-9-14(18)17-12-4-2-3-11(15)7-12/h2-7,16H,8-9H2,1H3,(H,17,18). The minimum absolute atomic E-state index is 0.0821. The second kappa shape index (κ2) is 6.54. The first kappa shape index (κ1) is 13.8. The van der Waals surface area contributed by atoms with E-state index in [0.717, 1.165) is 21.7 Å². The summed E-state index contributed by atoms with van der Waals surface area (Å²) in [5.74, 6) is 1.62. The van der Waals surface area contributed by atoms with Crippen LogP contribution >= 0.6 is 15.9 Å². The summed E-state index contributed by atoms with van der Waals surface area (Å²) < 4.78 is 6.33. The Morgan fingerprint density at radius 1 is 1.32 bits per heavy atom. The van der Waals surface area contributed by atoms with Gasteiger partial charge in [0, 0.05) is 10.2 Å². The lowest BCUT2D eigenvalue weighted by atomic mass is 10.3. The Labute approximate surface area is 120 Å². The topological polar surface area (TPSA) is 54.3 Å². The average Bonchev–Trinajstić information content (AvgIpc) is 2.75. The monoisotopic (exact) mass is 322 g/mol. The van der Waals surface area contributed by atoms with Crippen molar-refractivity contribution in [1.82, 2.24) is 5.32 Å². The molecule has 1 aromatic carbocycles. The van der Waals surface area contributed by atoms with Gasteiger partial charge in [0.05, 0.1) is 13.1 Å². The second-order valence-electron chi connectivity index (χ2n) is 4.17. The van der Waals surface area contributed by atoms with Gasteiger partial charge >= 0.3 is 0 Å². The van der Waals surface area contributed by atoms with Crippen molar-refractivity contribution in [3.8, 4) is 0 Å². The van der Waals surface area contributed by atoms with Crippen molar-refractivity contribution >= 4 is 27.5 Å². The fraction of sp³-hybridized carbons (Fsp3) is 0.214. The molecule has 0 radical (unpaired) electrons. The molecular formula is C14H15BrN2O2. The Morgan fingerprint density at radius 3 is 2.84 bits per heavy atom. The van der Waals surface area contributed by atoms with Gasteiger partial charge in [0.25, 0.3) is 0 Å². The maximum atomic E-state index is 11.7. The maximum absolute atomic E-state index is 11.7. The van der Waals surface area contributed by atoms with Crippen LogP contribution in [0.2, 0.25) is 0 Å². The van der Waals surface area contributed by atoms with Crippen molar-refractivity contribution < 1.29 is 9.21 Å². The number of hydrogen-bond donors (Lipinski definition) is 2. The molecule has 0 spiro atoms. The van der Waals surface area contributed by atoms with E-state index in [1.807, 2.05) is 43.3 Å². The molecule has 5 heteroatoms. The van der Waals surface area contributed by atoms with E-state index in [2.05, 4.69) is 26.6 Å². The fourth-order valence-electron chi connectivity index (χ4n) is 1.65. The quantitative estimate of drug-likeness (QED) is 0.889. The number of anilines is 1. The zero-order chi connectivity index (χ0) is 13.7. The third-order valence-electron chi connectivity index (χ3n) is 2.49. The Bertz CT molecular complexity index is 566. The highest BCUT2D eigenvalue weighted by atomic mass is 79.9. The molecule has 4 nitrogen and oxygen atoms in total. The van der Waals surface area contributed by atoms with Gasteiger partial charge in [0.15, 0.2) is 0 Å². The van der Waals surface area contributed by atoms with Crippen LogP contribution in [0.5, 0.6) is 0 Å². The van der Waals surface area contributed by atoms with Gasteiger partial charge in [-0.1, -0.05) is 22.0 Å². The molecule has 0 aliphatic carbocycles. The first-order valence-corrected chi connectivity index (χ1v) is 6.74. The summed E-state index contributed by atoms with van der Waals surface area (Å²) >= 11 is 3.36. The number of hydrogen-bond acceptors (Lipinski definition) is 3. The Balaban J connectivity index is 1.76. The lowest BCUT2D eigenvalue weighted by Crippen LogP contribution is -2.27. The van der Waals surface area contributed by atoms with Crippen molar-refractivity contribution in [3.63, 3.8) is 0 Å². The van der Waals surface area contributed by atoms with Gasteiger partial charge in [-0.2, -0.15) is 0 Å². The Kier molecular flexibility index (Phi) is 4.76. The Morgan fingerprint density at radius 2 is 2.16 bits per heavy atom. The van der Waals surface area contributed by atoms with Crippen LogP contribution in [0.25, 0.3) is 0 Å². The number of carbonyl (C=O) groups excluding carboxylic acids is 1. The predicted molar refractivity (Wildman–Crippen MR) is 77.9 cm³/mol. The molecule has 100 valence electrons. The molecule has 0 fully saturated rings. The molecule has 1 aromatic heterocycles. The highest BCUT2D eigenvalue weighted by Gasteiger charge is 2.03. The van der Waals surface area contributed by atoms with E-state index in [0.29, 0.717) is 6.54 Å². The second-order valence-corrected chi connectivity index (χ2v) is 5.09.